The fourth-order valence-corrected chi connectivity index (χ4v) is 2.82. The van der Waals surface area contributed by atoms with E-state index in [1.54, 1.807) is 0 Å². The normalized spacial score (nSPS) is 12.7. The molecule has 0 saturated heterocycles. The standard InChI is InChI=1S/C15H25NS/c1-5-16-15(6-7-17-4)11-14-9-12(2)8-13(3)10-14/h8-10,15-16H,5-7,11H2,1-4H3. The Hall–Kier alpha value is -0.470. The number of benzene rings is 1. The van der Waals surface area contributed by atoms with Crippen LogP contribution in [0.1, 0.15) is 30.0 Å². The van der Waals surface area contributed by atoms with Crippen molar-refractivity contribution >= 4 is 11.8 Å². The third kappa shape index (κ3) is 5.60. The van der Waals surface area contributed by atoms with Gasteiger partial charge in [-0.15, -0.1) is 0 Å². The number of nitrogens with one attached hydrogen (secondary N) is 1. The van der Waals surface area contributed by atoms with E-state index in [-0.39, 0.29) is 0 Å². The maximum absolute atomic E-state index is 3.59. The smallest absolute Gasteiger partial charge is 0.0115 e. The molecule has 0 bridgehead atoms. The van der Waals surface area contributed by atoms with E-state index in [0.29, 0.717) is 6.04 Å². The molecular formula is C15H25NS. The Morgan fingerprint density at radius 3 is 2.35 bits per heavy atom. The van der Waals surface area contributed by atoms with Crippen molar-refractivity contribution in [2.45, 2.75) is 39.7 Å². The van der Waals surface area contributed by atoms with Gasteiger partial charge in [0.1, 0.15) is 0 Å². The maximum atomic E-state index is 3.59. The van der Waals surface area contributed by atoms with Gasteiger partial charge in [-0.3, -0.25) is 0 Å². The highest BCUT2D eigenvalue weighted by Gasteiger charge is 2.08. The summed E-state index contributed by atoms with van der Waals surface area (Å²) in [4.78, 5) is 0. The first-order chi connectivity index (χ1) is 8.15. The second-order valence-corrected chi connectivity index (χ2v) is 5.72. The van der Waals surface area contributed by atoms with Crippen molar-refractivity contribution in [3.8, 4) is 0 Å². The SMILES string of the molecule is CCNC(CCSC)Cc1cc(C)cc(C)c1. The van der Waals surface area contributed by atoms with Crippen molar-refractivity contribution in [2.75, 3.05) is 18.6 Å². The van der Waals surface area contributed by atoms with Gasteiger partial charge in [0.05, 0.1) is 0 Å². The number of likely N-dealkylation sites (N-methyl/N-ethyl adjacent to an activating group) is 1. The highest BCUT2D eigenvalue weighted by Crippen LogP contribution is 2.13. The van der Waals surface area contributed by atoms with E-state index in [1.807, 2.05) is 11.8 Å². The molecule has 0 heterocycles. The van der Waals surface area contributed by atoms with Crippen LogP contribution in [-0.2, 0) is 6.42 Å². The second kappa shape index (κ2) is 7.78. The summed E-state index contributed by atoms with van der Waals surface area (Å²) in [5.41, 5.74) is 4.22. The second-order valence-electron chi connectivity index (χ2n) is 4.74. The lowest BCUT2D eigenvalue weighted by molar-refractivity contribution is 0.513. The zero-order valence-electron chi connectivity index (χ0n) is 11.5. The lowest BCUT2D eigenvalue weighted by atomic mass is 10.00. The van der Waals surface area contributed by atoms with Crippen LogP contribution in [0.2, 0.25) is 0 Å². The van der Waals surface area contributed by atoms with E-state index in [1.165, 1.54) is 28.9 Å². The lowest BCUT2D eigenvalue weighted by Gasteiger charge is -2.18. The Labute approximate surface area is 110 Å². The molecule has 1 aromatic carbocycles. The van der Waals surface area contributed by atoms with Crippen molar-refractivity contribution in [2.24, 2.45) is 0 Å². The molecule has 0 aliphatic carbocycles. The van der Waals surface area contributed by atoms with Gasteiger partial charge in [0.15, 0.2) is 0 Å². The zero-order valence-corrected chi connectivity index (χ0v) is 12.4. The van der Waals surface area contributed by atoms with Crippen molar-refractivity contribution in [1.29, 1.82) is 0 Å². The zero-order chi connectivity index (χ0) is 12.7. The average molecular weight is 251 g/mol. The Balaban J connectivity index is 2.63. The molecule has 96 valence electrons. The maximum Gasteiger partial charge on any atom is 0.0115 e. The van der Waals surface area contributed by atoms with Gasteiger partial charge in [0, 0.05) is 6.04 Å². The first-order valence-corrected chi connectivity index (χ1v) is 7.84. The molecule has 0 aromatic heterocycles. The summed E-state index contributed by atoms with van der Waals surface area (Å²) in [6.45, 7) is 7.61. The number of hydrogen-bond acceptors (Lipinski definition) is 2. The first kappa shape index (κ1) is 14.6. The summed E-state index contributed by atoms with van der Waals surface area (Å²) in [6, 6.07) is 7.49. The molecule has 0 saturated carbocycles. The minimum absolute atomic E-state index is 0.619. The van der Waals surface area contributed by atoms with Gasteiger partial charge in [-0.25, -0.2) is 0 Å². The molecule has 0 amide bonds. The molecule has 1 unspecified atom stereocenters. The van der Waals surface area contributed by atoms with Crippen LogP contribution in [0.25, 0.3) is 0 Å². The predicted octanol–water partition coefficient (Wildman–Crippen LogP) is 3.58. The monoisotopic (exact) mass is 251 g/mol. The van der Waals surface area contributed by atoms with E-state index in [4.69, 9.17) is 0 Å². The molecule has 1 atom stereocenters. The van der Waals surface area contributed by atoms with Gasteiger partial charge in [-0.05, 0) is 50.8 Å². The summed E-state index contributed by atoms with van der Waals surface area (Å²) in [7, 11) is 0. The van der Waals surface area contributed by atoms with E-state index >= 15 is 0 Å². The highest BCUT2D eigenvalue weighted by molar-refractivity contribution is 7.98. The quantitative estimate of drug-likeness (QED) is 0.795. The molecular weight excluding hydrogens is 226 g/mol. The summed E-state index contributed by atoms with van der Waals surface area (Å²) >= 11 is 1.93. The molecule has 1 aromatic rings. The van der Waals surface area contributed by atoms with Gasteiger partial charge < -0.3 is 5.32 Å². The largest absolute Gasteiger partial charge is 0.314 e. The minimum Gasteiger partial charge on any atom is -0.314 e. The van der Waals surface area contributed by atoms with Gasteiger partial charge in [0.25, 0.3) is 0 Å². The van der Waals surface area contributed by atoms with Crippen LogP contribution in [0.4, 0.5) is 0 Å². The Kier molecular flexibility index (Phi) is 6.68. The molecule has 1 nitrogen and oxygen atoms in total. The Morgan fingerprint density at radius 1 is 1.18 bits per heavy atom. The van der Waals surface area contributed by atoms with Gasteiger partial charge >= 0.3 is 0 Å². The van der Waals surface area contributed by atoms with Crippen LogP contribution in [-0.4, -0.2) is 24.6 Å². The van der Waals surface area contributed by atoms with Crippen LogP contribution in [0.3, 0.4) is 0 Å². The van der Waals surface area contributed by atoms with Gasteiger partial charge in [0.2, 0.25) is 0 Å². The Bertz CT molecular complexity index is 315. The number of hydrogen-bond donors (Lipinski definition) is 1. The topological polar surface area (TPSA) is 12.0 Å². The average Bonchev–Trinajstić information content (AvgIpc) is 2.24. The van der Waals surface area contributed by atoms with E-state index in [9.17, 15) is 0 Å². The highest BCUT2D eigenvalue weighted by atomic mass is 32.2. The van der Waals surface area contributed by atoms with Crippen LogP contribution < -0.4 is 5.32 Å². The van der Waals surface area contributed by atoms with Crippen molar-refractivity contribution in [1.82, 2.24) is 5.32 Å². The molecule has 0 aliphatic heterocycles. The molecule has 17 heavy (non-hydrogen) atoms. The van der Waals surface area contributed by atoms with E-state index < -0.39 is 0 Å². The number of thioether (sulfide) groups is 1. The molecule has 1 N–H and O–H groups in total. The van der Waals surface area contributed by atoms with Gasteiger partial charge in [-0.1, -0.05) is 36.2 Å². The molecule has 2 heteroatoms. The van der Waals surface area contributed by atoms with Crippen LogP contribution in [0, 0.1) is 13.8 Å². The lowest BCUT2D eigenvalue weighted by Crippen LogP contribution is -2.31. The van der Waals surface area contributed by atoms with Crippen LogP contribution in [0.15, 0.2) is 18.2 Å². The molecule has 0 aliphatic rings. The fraction of sp³-hybridized carbons (Fsp3) is 0.600. The third-order valence-electron chi connectivity index (χ3n) is 2.93. The predicted molar refractivity (Wildman–Crippen MR) is 80.1 cm³/mol. The summed E-state index contributed by atoms with van der Waals surface area (Å²) in [6.07, 6.45) is 4.58. The molecule has 0 radical (unpaired) electrons. The molecule has 1 rings (SSSR count). The summed E-state index contributed by atoms with van der Waals surface area (Å²) < 4.78 is 0. The fourth-order valence-electron chi connectivity index (χ4n) is 2.30. The summed E-state index contributed by atoms with van der Waals surface area (Å²) in [5.74, 6) is 1.24. The van der Waals surface area contributed by atoms with E-state index in [2.05, 4.69) is 50.5 Å². The summed E-state index contributed by atoms with van der Waals surface area (Å²) in [5, 5.41) is 3.59. The Morgan fingerprint density at radius 2 is 1.82 bits per heavy atom. The van der Waals surface area contributed by atoms with Gasteiger partial charge in [-0.2, -0.15) is 11.8 Å². The van der Waals surface area contributed by atoms with Crippen molar-refractivity contribution in [3.63, 3.8) is 0 Å². The minimum atomic E-state index is 0.619. The number of rotatable bonds is 7. The van der Waals surface area contributed by atoms with Crippen molar-refractivity contribution < 1.29 is 0 Å². The van der Waals surface area contributed by atoms with E-state index in [0.717, 1.165) is 13.0 Å². The molecule has 0 fully saturated rings. The molecule has 0 spiro atoms. The number of aryl methyl sites for hydroxylation is 2. The first-order valence-electron chi connectivity index (χ1n) is 6.45. The third-order valence-corrected chi connectivity index (χ3v) is 3.57. The van der Waals surface area contributed by atoms with Crippen LogP contribution >= 0.6 is 11.8 Å². The van der Waals surface area contributed by atoms with Crippen LogP contribution in [0.5, 0.6) is 0 Å². The van der Waals surface area contributed by atoms with Crippen molar-refractivity contribution in [3.05, 3.63) is 34.9 Å².